The molecule has 0 atom stereocenters. The maximum atomic E-state index is 9.64. The molecule has 0 amide bonds. The first-order valence-electron chi connectivity index (χ1n) is 5.29. The summed E-state index contributed by atoms with van der Waals surface area (Å²) in [5, 5.41) is 10.8. The van der Waals surface area contributed by atoms with Gasteiger partial charge >= 0.3 is 0 Å². The minimum atomic E-state index is 0.174. The lowest BCUT2D eigenvalue weighted by Crippen LogP contribution is -1.79. The highest BCUT2D eigenvalue weighted by Crippen LogP contribution is 2.34. The van der Waals surface area contributed by atoms with Crippen LogP contribution < -0.4 is 0 Å². The van der Waals surface area contributed by atoms with Crippen LogP contribution in [0.3, 0.4) is 0 Å². The summed E-state index contributed by atoms with van der Waals surface area (Å²) in [6, 6.07) is 8.99. The molecule has 1 nitrogen and oxygen atoms in total. The van der Waals surface area contributed by atoms with Crippen LogP contribution in [0.25, 0.3) is 12.2 Å². The van der Waals surface area contributed by atoms with Gasteiger partial charge < -0.3 is 5.11 Å². The summed E-state index contributed by atoms with van der Waals surface area (Å²) in [4.78, 5) is 0. The van der Waals surface area contributed by atoms with Crippen molar-refractivity contribution in [2.45, 2.75) is 0 Å². The predicted molar refractivity (Wildman–Crippen MR) is 88.9 cm³/mol. The SMILES string of the molecule is Oc1c(Br)cc(/C=C/c2c(Cl)cccc2Cl)cc1Br. The van der Waals surface area contributed by atoms with Crippen molar-refractivity contribution in [1.29, 1.82) is 0 Å². The van der Waals surface area contributed by atoms with E-state index in [1.165, 1.54) is 0 Å². The van der Waals surface area contributed by atoms with Gasteiger partial charge in [-0.1, -0.05) is 41.4 Å². The van der Waals surface area contributed by atoms with E-state index >= 15 is 0 Å². The highest BCUT2D eigenvalue weighted by molar-refractivity contribution is 9.11. The fourth-order valence-electron chi connectivity index (χ4n) is 1.53. The van der Waals surface area contributed by atoms with E-state index in [1.807, 2.05) is 12.2 Å². The number of benzene rings is 2. The minimum Gasteiger partial charge on any atom is -0.506 e. The number of rotatable bonds is 2. The topological polar surface area (TPSA) is 20.2 Å². The summed E-state index contributed by atoms with van der Waals surface area (Å²) in [5.41, 5.74) is 1.68. The second-order valence-electron chi connectivity index (χ2n) is 3.80. The number of hydrogen-bond acceptors (Lipinski definition) is 1. The van der Waals surface area contributed by atoms with Crippen LogP contribution in [0.5, 0.6) is 5.75 Å². The van der Waals surface area contributed by atoms with Crippen LogP contribution in [0.1, 0.15) is 11.1 Å². The van der Waals surface area contributed by atoms with Gasteiger partial charge in [0, 0.05) is 15.6 Å². The van der Waals surface area contributed by atoms with Crippen molar-refractivity contribution in [3.63, 3.8) is 0 Å². The Morgan fingerprint density at radius 2 is 1.47 bits per heavy atom. The lowest BCUT2D eigenvalue weighted by molar-refractivity contribution is 0.468. The first kappa shape index (κ1) is 14.9. The Balaban J connectivity index is 2.38. The van der Waals surface area contributed by atoms with Gasteiger partial charge in [-0.25, -0.2) is 0 Å². The third-order valence-corrected chi connectivity index (χ3v) is 4.35. The fraction of sp³-hybridized carbons (Fsp3) is 0. The Bertz CT molecular complexity index is 611. The number of phenolic OH excluding ortho intramolecular Hbond substituents is 1. The summed E-state index contributed by atoms with van der Waals surface area (Å²) < 4.78 is 1.23. The minimum absolute atomic E-state index is 0.174. The third kappa shape index (κ3) is 3.54. The molecule has 5 heteroatoms. The Labute approximate surface area is 138 Å². The van der Waals surface area contributed by atoms with Crippen molar-refractivity contribution in [3.8, 4) is 5.75 Å². The molecule has 0 spiro atoms. The lowest BCUT2D eigenvalue weighted by atomic mass is 10.1. The molecule has 0 aliphatic heterocycles. The number of halogens is 4. The van der Waals surface area contributed by atoms with Crippen LogP contribution in [-0.2, 0) is 0 Å². The molecule has 0 aliphatic carbocycles. The van der Waals surface area contributed by atoms with Crippen molar-refractivity contribution in [2.24, 2.45) is 0 Å². The second kappa shape index (κ2) is 6.31. The first-order valence-corrected chi connectivity index (χ1v) is 7.63. The van der Waals surface area contributed by atoms with Gasteiger partial charge in [-0.2, -0.15) is 0 Å². The maximum Gasteiger partial charge on any atom is 0.143 e. The lowest BCUT2D eigenvalue weighted by Gasteiger charge is -2.03. The molecule has 0 saturated heterocycles. The molecule has 0 bridgehead atoms. The monoisotopic (exact) mass is 420 g/mol. The summed E-state index contributed by atoms with van der Waals surface area (Å²) in [7, 11) is 0. The first-order chi connectivity index (χ1) is 8.99. The van der Waals surface area contributed by atoms with E-state index in [4.69, 9.17) is 23.2 Å². The zero-order valence-electron chi connectivity index (χ0n) is 9.50. The van der Waals surface area contributed by atoms with Gasteiger partial charge in [-0.3, -0.25) is 0 Å². The van der Waals surface area contributed by atoms with E-state index in [-0.39, 0.29) is 5.75 Å². The molecule has 0 radical (unpaired) electrons. The Hall–Kier alpha value is -0.480. The highest BCUT2D eigenvalue weighted by Gasteiger charge is 2.05. The molecule has 2 aromatic carbocycles. The van der Waals surface area contributed by atoms with E-state index in [1.54, 1.807) is 30.3 Å². The average Bonchev–Trinajstić information content (AvgIpc) is 2.35. The van der Waals surface area contributed by atoms with Crippen molar-refractivity contribution < 1.29 is 5.11 Å². The zero-order chi connectivity index (χ0) is 14.0. The van der Waals surface area contributed by atoms with Crippen LogP contribution in [0, 0.1) is 0 Å². The Morgan fingerprint density at radius 3 is 2.00 bits per heavy atom. The zero-order valence-corrected chi connectivity index (χ0v) is 14.2. The molecular formula is C14H8Br2Cl2O. The van der Waals surface area contributed by atoms with Crippen molar-refractivity contribution in [1.82, 2.24) is 0 Å². The van der Waals surface area contributed by atoms with E-state index in [0.717, 1.165) is 11.1 Å². The molecule has 19 heavy (non-hydrogen) atoms. The molecule has 2 rings (SSSR count). The van der Waals surface area contributed by atoms with Crippen LogP contribution in [-0.4, -0.2) is 5.11 Å². The number of phenols is 1. The second-order valence-corrected chi connectivity index (χ2v) is 6.32. The quantitative estimate of drug-likeness (QED) is 0.555. The van der Waals surface area contributed by atoms with Crippen molar-refractivity contribution in [3.05, 3.63) is 60.4 Å². The third-order valence-electron chi connectivity index (χ3n) is 2.48. The van der Waals surface area contributed by atoms with E-state index in [0.29, 0.717) is 19.0 Å². The summed E-state index contributed by atoms with van der Waals surface area (Å²) in [5.74, 6) is 0.174. The molecule has 0 aromatic heterocycles. The standard InChI is InChI=1S/C14H8Br2Cl2O/c15-10-6-8(7-11(16)14(10)19)4-5-9-12(17)2-1-3-13(9)18/h1-7,19H/b5-4+. The van der Waals surface area contributed by atoms with E-state index in [9.17, 15) is 5.11 Å². The van der Waals surface area contributed by atoms with Crippen molar-refractivity contribution in [2.75, 3.05) is 0 Å². The Morgan fingerprint density at radius 1 is 0.947 bits per heavy atom. The normalized spacial score (nSPS) is 11.2. The predicted octanol–water partition coefficient (Wildman–Crippen LogP) is 6.39. The largest absolute Gasteiger partial charge is 0.506 e. The van der Waals surface area contributed by atoms with Gasteiger partial charge in [0.05, 0.1) is 8.95 Å². The van der Waals surface area contributed by atoms with Gasteiger partial charge in [0.1, 0.15) is 5.75 Å². The van der Waals surface area contributed by atoms with Crippen molar-refractivity contribution >= 4 is 67.2 Å². The molecule has 0 unspecified atom stereocenters. The summed E-state index contributed by atoms with van der Waals surface area (Å²) in [6.07, 6.45) is 3.72. The fourth-order valence-corrected chi connectivity index (χ4v) is 3.28. The van der Waals surface area contributed by atoms with Crippen LogP contribution >= 0.6 is 55.1 Å². The van der Waals surface area contributed by atoms with Crippen LogP contribution in [0.2, 0.25) is 10.0 Å². The Kier molecular flexibility index (Phi) is 4.96. The summed E-state index contributed by atoms with van der Waals surface area (Å²) >= 11 is 18.8. The molecule has 0 heterocycles. The van der Waals surface area contributed by atoms with Gasteiger partial charge in [0.2, 0.25) is 0 Å². The highest BCUT2D eigenvalue weighted by atomic mass is 79.9. The van der Waals surface area contributed by atoms with Gasteiger partial charge in [0.25, 0.3) is 0 Å². The molecule has 0 aliphatic rings. The number of aromatic hydroxyl groups is 1. The molecule has 0 fully saturated rings. The molecular weight excluding hydrogens is 415 g/mol. The number of hydrogen-bond donors (Lipinski definition) is 1. The average molecular weight is 423 g/mol. The van der Waals surface area contributed by atoms with Crippen LogP contribution in [0.4, 0.5) is 0 Å². The van der Waals surface area contributed by atoms with E-state index in [2.05, 4.69) is 31.9 Å². The maximum absolute atomic E-state index is 9.64. The van der Waals surface area contributed by atoms with Gasteiger partial charge in [-0.15, -0.1) is 0 Å². The molecule has 2 aromatic rings. The molecule has 0 saturated carbocycles. The molecule has 1 N–H and O–H groups in total. The van der Waals surface area contributed by atoms with Gasteiger partial charge in [0.15, 0.2) is 0 Å². The summed E-state index contributed by atoms with van der Waals surface area (Å²) in [6.45, 7) is 0. The smallest absolute Gasteiger partial charge is 0.143 e. The molecule has 98 valence electrons. The van der Waals surface area contributed by atoms with Gasteiger partial charge in [-0.05, 0) is 61.7 Å². The van der Waals surface area contributed by atoms with Crippen LogP contribution in [0.15, 0.2) is 39.3 Å². The van der Waals surface area contributed by atoms with E-state index < -0.39 is 0 Å².